The van der Waals surface area contributed by atoms with Crippen LogP contribution in [0, 0.1) is 0 Å². The number of hydrogen-bond acceptors (Lipinski definition) is 4. The quantitative estimate of drug-likeness (QED) is 0.708. The molecule has 2 N–H and O–H groups in total. The lowest BCUT2D eigenvalue weighted by molar-refractivity contribution is 0.461. The number of aliphatic imine (C=N–C) groups is 1. The highest BCUT2D eigenvalue weighted by atomic mass is 16.3. The molecular formula is C9H13N3O. The van der Waals surface area contributed by atoms with Crippen LogP contribution in [-0.4, -0.2) is 19.0 Å². The minimum absolute atomic E-state index is 0.166. The van der Waals surface area contributed by atoms with Crippen LogP contribution >= 0.6 is 0 Å². The number of guanidine groups is 1. The maximum Gasteiger partial charge on any atom is 0.191 e. The molecule has 4 nitrogen and oxygen atoms in total. The predicted molar refractivity (Wildman–Crippen MR) is 50.6 cm³/mol. The van der Waals surface area contributed by atoms with Crippen molar-refractivity contribution in [1.82, 2.24) is 10.6 Å². The summed E-state index contributed by atoms with van der Waals surface area (Å²) in [6, 6.07) is 4.00. The van der Waals surface area contributed by atoms with Gasteiger partial charge in [0.1, 0.15) is 5.76 Å². The Morgan fingerprint density at radius 1 is 1.69 bits per heavy atom. The maximum absolute atomic E-state index is 5.26. The molecule has 0 spiro atoms. The molecule has 0 unspecified atom stereocenters. The van der Waals surface area contributed by atoms with E-state index in [9.17, 15) is 0 Å². The van der Waals surface area contributed by atoms with Gasteiger partial charge in [0.25, 0.3) is 0 Å². The summed E-state index contributed by atoms with van der Waals surface area (Å²) in [4.78, 5) is 4.24. The Bertz CT molecular complexity index is 292. The SMILES string of the molecule is C[C@@H](NC1=NCCN1)c1ccco1. The molecule has 2 heterocycles. The van der Waals surface area contributed by atoms with E-state index in [1.54, 1.807) is 6.26 Å². The zero-order valence-corrected chi connectivity index (χ0v) is 7.58. The summed E-state index contributed by atoms with van der Waals surface area (Å²) in [5.74, 6) is 1.79. The van der Waals surface area contributed by atoms with E-state index in [1.807, 2.05) is 19.1 Å². The lowest BCUT2D eigenvalue weighted by Gasteiger charge is -2.12. The summed E-state index contributed by atoms with van der Waals surface area (Å²) in [5.41, 5.74) is 0. The van der Waals surface area contributed by atoms with Gasteiger partial charge in [-0.1, -0.05) is 0 Å². The van der Waals surface area contributed by atoms with Crippen LogP contribution in [0.15, 0.2) is 27.8 Å². The van der Waals surface area contributed by atoms with Crippen LogP contribution in [0.3, 0.4) is 0 Å². The molecule has 1 aliphatic rings. The van der Waals surface area contributed by atoms with Crippen LogP contribution < -0.4 is 10.6 Å². The fourth-order valence-corrected chi connectivity index (χ4v) is 1.31. The van der Waals surface area contributed by atoms with Crippen molar-refractivity contribution < 1.29 is 4.42 Å². The minimum atomic E-state index is 0.166. The molecular weight excluding hydrogens is 166 g/mol. The van der Waals surface area contributed by atoms with Crippen molar-refractivity contribution in [1.29, 1.82) is 0 Å². The van der Waals surface area contributed by atoms with E-state index in [-0.39, 0.29) is 6.04 Å². The lowest BCUT2D eigenvalue weighted by atomic mass is 10.2. The van der Waals surface area contributed by atoms with Crippen molar-refractivity contribution >= 4 is 5.96 Å². The highest BCUT2D eigenvalue weighted by Crippen LogP contribution is 2.11. The third-order valence-electron chi connectivity index (χ3n) is 2.00. The first-order chi connectivity index (χ1) is 6.36. The molecule has 0 aromatic carbocycles. The van der Waals surface area contributed by atoms with Crippen LogP contribution in [0.5, 0.6) is 0 Å². The molecule has 4 heteroatoms. The van der Waals surface area contributed by atoms with Crippen molar-refractivity contribution in [3.63, 3.8) is 0 Å². The summed E-state index contributed by atoms with van der Waals surface area (Å²) in [6.07, 6.45) is 1.68. The molecule has 0 bridgehead atoms. The molecule has 1 atom stereocenters. The Hall–Kier alpha value is -1.45. The molecule has 0 amide bonds. The minimum Gasteiger partial charge on any atom is -0.467 e. The first kappa shape index (κ1) is 8.16. The smallest absolute Gasteiger partial charge is 0.191 e. The fraction of sp³-hybridized carbons (Fsp3) is 0.444. The van der Waals surface area contributed by atoms with Crippen LogP contribution in [0.4, 0.5) is 0 Å². The number of furan rings is 1. The van der Waals surface area contributed by atoms with Gasteiger partial charge in [0, 0.05) is 6.54 Å². The average molecular weight is 179 g/mol. The van der Waals surface area contributed by atoms with E-state index in [2.05, 4.69) is 15.6 Å². The van der Waals surface area contributed by atoms with Crippen LogP contribution in [0.2, 0.25) is 0 Å². The second-order valence-corrected chi connectivity index (χ2v) is 3.04. The van der Waals surface area contributed by atoms with Gasteiger partial charge in [-0.15, -0.1) is 0 Å². The average Bonchev–Trinajstić information content (AvgIpc) is 2.74. The van der Waals surface area contributed by atoms with Crippen LogP contribution in [0.1, 0.15) is 18.7 Å². The Morgan fingerprint density at radius 3 is 3.23 bits per heavy atom. The standard InChI is InChI=1S/C9H13N3O/c1-7(8-3-2-6-13-8)12-9-10-4-5-11-9/h2-3,6-7H,4-5H2,1H3,(H2,10,11,12)/t7-/m1/s1. The normalized spacial score (nSPS) is 17.8. The second kappa shape index (κ2) is 3.51. The van der Waals surface area contributed by atoms with Crippen molar-refractivity contribution in [3.05, 3.63) is 24.2 Å². The molecule has 1 aromatic heterocycles. The summed E-state index contributed by atoms with van der Waals surface area (Å²) in [7, 11) is 0. The number of nitrogens with zero attached hydrogens (tertiary/aromatic N) is 1. The van der Waals surface area contributed by atoms with Crippen molar-refractivity contribution in [2.45, 2.75) is 13.0 Å². The van der Waals surface area contributed by atoms with Crippen molar-refractivity contribution in [3.8, 4) is 0 Å². The molecule has 0 aliphatic carbocycles. The molecule has 2 rings (SSSR count). The van der Waals surface area contributed by atoms with E-state index < -0.39 is 0 Å². The highest BCUT2D eigenvalue weighted by molar-refractivity contribution is 5.81. The van der Waals surface area contributed by atoms with Gasteiger partial charge in [-0.3, -0.25) is 4.99 Å². The Kier molecular flexibility index (Phi) is 2.21. The maximum atomic E-state index is 5.26. The van der Waals surface area contributed by atoms with Gasteiger partial charge in [-0.25, -0.2) is 0 Å². The molecule has 1 aliphatic heterocycles. The third-order valence-corrected chi connectivity index (χ3v) is 2.00. The monoisotopic (exact) mass is 179 g/mol. The summed E-state index contributed by atoms with van der Waals surface area (Å²) >= 11 is 0. The third kappa shape index (κ3) is 1.83. The molecule has 1 aromatic rings. The van der Waals surface area contributed by atoms with Gasteiger partial charge in [-0.2, -0.15) is 0 Å². The molecule has 0 radical (unpaired) electrons. The predicted octanol–water partition coefficient (Wildman–Crippen LogP) is 0.889. The zero-order chi connectivity index (χ0) is 9.10. The number of hydrogen-bond donors (Lipinski definition) is 2. The van der Waals surface area contributed by atoms with Crippen molar-refractivity contribution in [2.24, 2.45) is 4.99 Å². The van der Waals surface area contributed by atoms with Gasteiger partial charge in [-0.05, 0) is 19.1 Å². The van der Waals surface area contributed by atoms with Gasteiger partial charge in [0.05, 0.1) is 18.8 Å². The zero-order valence-electron chi connectivity index (χ0n) is 7.58. The fourth-order valence-electron chi connectivity index (χ4n) is 1.31. The summed E-state index contributed by atoms with van der Waals surface area (Å²) in [6.45, 7) is 3.82. The van der Waals surface area contributed by atoms with Gasteiger partial charge in [0.2, 0.25) is 0 Å². The largest absolute Gasteiger partial charge is 0.467 e. The summed E-state index contributed by atoms with van der Waals surface area (Å²) in [5, 5.41) is 6.37. The molecule has 0 saturated heterocycles. The van der Waals surface area contributed by atoms with E-state index in [0.717, 1.165) is 24.8 Å². The first-order valence-corrected chi connectivity index (χ1v) is 4.44. The van der Waals surface area contributed by atoms with E-state index in [0.29, 0.717) is 0 Å². The van der Waals surface area contributed by atoms with Crippen LogP contribution in [0.25, 0.3) is 0 Å². The van der Waals surface area contributed by atoms with E-state index >= 15 is 0 Å². The number of rotatable bonds is 2. The molecule has 13 heavy (non-hydrogen) atoms. The lowest BCUT2D eigenvalue weighted by Crippen LogP contribution is -2.35. The molecule has 0 saturated carbocycles. The van der Waals surface area contributed by atoms with Gasteiger partial charge < -0.3 is 15.1 Å². The van der Waals surface area contributed by atoms with Gasteiger partial charge in [0.15, 0.2) is 5.96 Å². The Balaban J connectivity index is 1.95. The Labute approximate surface area is 77.0 Å². The van der Waals surface area contributed by atoms with E-state index in [1.165, 1.54) is 0 Å². The number of nitrogens with one attached hydrogen (secondary N) is 2. The molecule has 70 valence electrons. The highest BCUT2D eigenvalue weighted by Gasteiger charge is 2.11. The summed E-state index contributed by atoms with van der Waals surface area (Å²) < 4.78 is 5.26. The first-order valence-electron chi connectivity index (χ1n) is 4.44. The second-order valence-electron chi connectivity index (χ2n) is 3.04. The van der Waals surface area contributed by atoms with E-state index in [4.69, 9.17) is 4.42 Å². The van der Waals surface area contributed by atoms with Gasteiger partial charge >= 0.3 is 0 Å². The topological polar surface area (TPSA) is 49.6 Å². The van der Waals surface area contributed by atoms with Crippen molar-refractivity contribution in [2.75, 3.05) is 13.1 Å². The van der Waals surface area contributed by atoms with Crippen LogP contribution in [-0.2, 0) is 0 Å². The molecule has 0 fully saturated rings. The Morgan fingerprint density at radius 2 is 2.62 bits per heavy atom.